The highest BCUT2D eigenvalue weighted by molar-refractivity contribution is 8.08. The van der Waals surface area contributed by atoms with Crippen molar-refractivity contribution in [2.75, 3.05) is 6.66 Å². The summed E-state index contributed by atoms with van der Waals surface area (Å²) in [5, 5.41) is 7.57. The zero-order valence-electron chi connectivity index (χ0n) is 14.7. The van der Waals surface area contributed by atoms with Crippen molar-refractivity contribution in [3.63, 3.8) is 0 Å². The number of fused-ring (bicyclic) bond motifs is 6. The van der Waals surface area contributed by atoms with Gasteiger partial charge in [0.15, 0.2) is 0 Å². The Morgan fingerprint density at radius 2 is 1.07 bits per heavy atom. The molecule has 0 atom stereocenters. The van der Waals surface area contributed by atoms with Gasteiger partial charge in [-0.2, -0.15) is 0 Å². The van der Waals surface area contributed by atoms with E-state index in [-0.39, 0.29) is 0 Å². The zero-order valence-corrected chi connectivity index (χ0v) is 18.0. The molecule has 1 aliphatic rings. The van der Waals surface area contributed by atoms with Gasteiger partial charge in [0.05, 0.1) is 6.66 Å². The molecule has 130 valence electrons. The van der Waals surface area contributed by atoms with Gasteiger partial charge in [-0.25, -0.2) is 0 Å². The molecule has 4 heteroatoms. The molecule has 1 aliphatic heterocycles. The second-order valence-electron chi connectivity index (χ2n) is 6.91. The van der Waals surface area contributed by atoms with Crippen LogP contribution < -0.4 is 15.9 Å². The molecule has 3 aromatic carbocycles. The molecule has 0 N–H and O–H groups in total. The van der Waals surface area contributed by atoms with E-state index in [2.05, 4.69) is 85.5 Å². The summed E-state index contributed by atoms with van der Waals surface area (Å²) in [6.07, 6.45) is 0. The fourth-order valence-electron chi connectivity index (χ4n) is 4.18. The Balaban J connectivity index is 1.80. The molecule has 0 amide bonds. The number of thiophene rings is 2. The summed E-state index contributed by atoms with van der Waals surface area (Å²) >= 11 is 5.93. The minimum Gasteiger partial charge on any atom is -0.124 e. The van der Waals surface area contributed by atoms with Crippen molar-refractivity contribution in [3.05, 3.63) is 78.9 Å². The largest absolute Gasteiger partial charge is 0.137 e. The van der Waals surface area contributed by atoms with Crippen molar-refractivity contribution in [2.24, 2.45) is 0 Å². The second-order valence-corrected chi connectivity index (χ2v) is 14.0. The average molecular weight is 420 g/mol. The first-order valence-corrected chi connectivity index (χ1v) is 13.6. The Kier molecular flexibility index (Phi) is 3.58. The summed E-state index contributed by atoms with van der Waals surface area (Å²) in [5.41, 5.74) is 0. The molecule has 0 aliphatic carbocycles. The van der Waals surface area contributed by atoms with Gasteiger partial charge in [-0.3, -0.25) is 0 Å². The monoisotopic (exact) mass is 419 g/mol. The summed E-state index contributed by atoms with van der Waals surface area (Å²) in [5.74, 6) is 0. The topological polar surface area (TPSA) is 0 Å². The predicted octanol–water partition coefficient (Wildman–Crippen LogP) is 6.50. The van der Waals surface area contributed by atoms with Gasteiger partial charge in [-0.05, 0) is 36.4 Å². The van der Waals surface area contributed by atoms with Gasteiger partial charge >= 0.3 is 0 Å². The average Bonchev–Trinajstić information content (AvgIpc) is 3.27. The van der Waals surface area contributed by atoms with Gasteiger partial charge in [0.1, 0.15) is 31.6 Å². The van der Waals surface area contributed by atoms with Gasteiger partial charge in [0.25, 0.3) is 0 Å². The maximum atomic E-state index is 2.54. The number of hydrogen-bond donors (Lipinski definition) is 0. The lowest BCUT2D eigenvalue weighted by molar-refractivity contribution is 1.70. The van der Waals surface area contributed by atoms with Crippen molar-refractivity contribution >= 4 is 77.8 Å². The molecule has 0 saturated carbocycles. The zero-order chi connectivity index (χ0) is 18.0. The van der Waals surface area contributed by atoms with Crippen LogP contribution in [0.3, 0.4) is 0 Å². The Morgan fingerprint density at radius 1 is 0.593 bits per heavy atom. The summed E-state index contributed by atoms with van der Waals surface area (Å²) < 4.78 is 5.82. The first-order chi connectivity index (χ1) is 13.3. The van der Waals surface area contributed by atoms with Crippen molar-refractivity contribution < 1.29 is 0 Å². The summed E-state index contributed by atoms with van der Waals surface area (Å²) in [6.45, 7) is 2.54. The maximum Gasteiger partial charge on any atom is 0.137 e. The highest BCUT2D eigenvalue weighted by Crippen LogP contribution is 2.64. The maximum absolute atomic E-state index is 2.54. The summed E-state index contributed by atoms with van der Waals surface area (Å²) in [4.78, 5) is 0. The van der Waals surface area contributed by atoms with Crippen molar-refractivity contribution in [1.82, 2.24) is 0 Å². The molecule has 0 radical (unpaired) electrons. The van der Waals surface area contributed by atoms with Gasteiger partial charge in [0, 0.05) is 20.2 Å². The van der Waals surface area contributed by atoms with Crippen LogP contribution in [0.2, 0.25) is 0 Å². The Hall–Kier alpha value is -1.64. The molecule has 5 aromatic rings. The SMILES string of the molecule is C[P+]1(c2ccccc2)c2c(sc3ccccc23)Sc2sc3ccccc3c21. The van der Waals surface area contributed by atoms with Crippen LogP contribution in [0.4, 0.5) is 0 Å². The van der Waals surface area contributed by atoms with Gasteiger partial charge in [0.2, 0.25) is 0 Å². The molecule has 2 aromatic heterocycles. The van der Waals surface area contributed by atoms with E-state index in [1.54, 1.807) is 10.6 Å². The molecule has 0 nitrogen and oxygen atoms in total. The van der Waals surface area contributed by atoms with E-state index in [9.17, 15) is 0 Å². The number of hydrogen-bond acceptors (Lipinski definition) is 3. The van der Waals surface area contributed by atoms with Crippen LogP contribution in [0.1, 0.15) is 0 Å². The van der Waals surface area contributed by atoms with Crippen LogP contribution in [-0.2, 0) is 0 Å². The van der Waals surface area contributed by atoms with E-state index in [4.69, 9.17) is 0 Å². The van der Waals surface area contributed by atoms with Crippen LogP contribution in [0.5, 0.6) is 0 Å². The van der Waals surface area contributed by atoms with Crippen LogP contribution in [0, 0.1) is 0 Å². The second kappa shape index (κ2) is 5.93. The van der Waals surface area contributed by atoms with Gasteiger partial charge < -0.3 is 0 Å². The van der Waals surface area contributed by atoms with Crippen LogP contribution in [0.25, 0.3) is 20.2 Å². The fourth-order valence-corrected chi connectivity index (χ4v) is 14.4. The minimum absolute atomic E-state index is 1.41. The van der Waals surface area contributed by atoms with Crippen molar-refractivity contribution in [2.45, 2.75) is 8.42 Å². The molecule has 0 saturated heterocycles. The van der Waals surface area contributed by atoms with E-state index < -0.39 is 7.26 Å². The molecule has 3 heterocycles. The highest BCUT2D eigenvalue weighted by atomic mass is 32.2. The molecule has 0 fully saturated rings. The Bertz CT molecular complexity index is 1230. The van der Waals surface area contributed by atoms with E-state index in [1.165, 1.54) is 33.9 Å². The quantitative estimate of drug-likeness (QED) is 0.279. The van der Waals surface area contributed by atoms with E-state index in [0.29, 0.717) is 0 Å². The molecule has 0 spiro atoms. The third-order valence-electron chi connectivity index (χ3n) is 5.43. The number of rotatable bonds is 1. The van der Waals surface area contributed by atoms with Crippen molar-refractivity contribution in [1.29, 1.82) is 0 Å². The Morgan fingerprint density at radius 3 is 1.63 bits per heavy atom. The molecule has 0 unspecified atom stereocenters. The summed E-state index contributed by atoms with van der Waals surface area (Å²) in [6, 6.07) is 29.1. The number of benzene rings is 3. The molecule has 6 rings (SSSR count). The molecule has 27 heavy (non-hydrogen) atoms. The predicted molar refractivity (Wildman–Crippen MR) is 126 cm³/mol. The van der Waals surface area contributed by atoms with Crippen molar-refractivity contribution in [3.8, 4) is 0 Å². The van der Waals surface area contributed by atoms with Crippen LogP contribution in [-0.4, -0.2) is 6.66 Å². The van der Waals surface area contributed by atoms with E-state index in [1.807, 2.05) is 34.4 Å². The Labute approximate surface area is 171 Å². The normalized spacial score (nSPS) is 15.0. The summed E-state index contributed by atoms with van der Waals surface area (Å²) in [7, 11) is -1.69. The van der Waals surface area contributed by atoms with E-state index in [0.717, 1.165) is 0 Å². The lowest BCUT2D eigenvalue weighted by Gasteiger charge is -2.27. The molecule has 0 bridgehead atoms. The molecular formula is C23H16PS3+. The van der Waals surface area contributed by atoms with Crippen LogP contribution >= 0.6 is 41.7 Å². The fraction of sp³-hybridized carbons (Fsp3) is 0.0435. The van der Waals surface area contributed by atoms with Gasteiger partial charge in [-0.15, -0.1) is 22.7 Å². The standard InChI is InChI=1S/C23H16PS3/c1-24(15-9-3-2-4-10-15)20-16-11-5-7-13-18(16)25-22(20)27-23-21(24)17-12-6-8-14-19(17)26-23/h2-14H,1H3/q+1. The molecular weight excluding hydrogens is 403 g/mol. The highest BCUT2D eigenvalue weighted by Gasteiger charge is 2.51. The first-order valence-electron chi connectivity index (χ1n) is 8.91. The lowest BCUT2D eigenvalue weighted by Crippen LogP contribution is -2.33. The third kappa shape index (κ3) is 2.20. The van der Waals surface area contributed by atoms with Gasteiger partial charge in [-0.1, -0.05) is 54.2 Å². The minimum atomic E-state index is -1.69. The van der Waals surface area contributed by atoms with E-state index >= 15 is 0 Å². The first kappa shape index (κ1) is 16.3. The smallest absolute Gasteiger partial charge is 0.124 e. The van der Waals surface area contributed by atoms with Crippen LogP contribution in [0.15, 0.2) is 87.3 Å². The third-order valence-corrected chi connectivity index (χ3v) is 13.8. The lowest BCUT2D eigenvalue weighted by atomic mass is 10.3.